The molecule has 1 aliphatic carbocycles. The number of nitrogens with one attached hydrogen (secondary N) is 1. The largest absolute Gasteiger partial charge is 0.446 e. The molecule has 2 saturated heterocycles. The highest BCUT2D eigenvalue weighted by molar-refractivity contribution is 6.33. The number of carbonyl (C=O) groups is 2. The van der Waals surface area contributed by atoms with E-state index in [4.69, 9.17) is 16.3 Å². The van der Waals surface area contributed by atoms with Crippen molar-refractivity contribution in [1.82, 2.24) is 4.90 Å². The Bertz CT molecular complexity index is 710. The molecule has 3 fully saturated rings. The van der Waals surface area contributed by atoms with Gasteiger partial charge in [-0.1, -0.05) is 23.7 Å². The molecule has 2 amide bonds. The molecule has 0 bridgehead atoms. The maximum absolute atomic E-state index is 12.5. The first-order valence-electron chi connectivity index (χ1n) is 9.61. The Morgan fingerprint density at radius 3 is 2.92 bits per heavy atom. The van der Waals surface area contributed by atoms with Crippen molar-refractivity contribution in [3.05, 3.63) is 29.3 Å². The zero-order chi connectivity index (χ0) is 18.1. The van der Waals surface area contributed by atoms with Crippen LogP contribution in [0.25, 0.3) is 0 Å². The second kappa shape index (κ2) is 7.10. The molecule has 0 unspecified atom stereocenters. The van der Waals surface area contributed by atoms with Gasteiger partial charge in [0.25, 0.3) is 0 Å². The van der Waals surface area contributed by atoms with Crippen molar-refractivity contribution in [2.24, 2.45) is 5.92 Å². The molecule has 3 aliphatic rings. The molecule has 2 heterocycles. The molecule has 1 aromatic carbocycles. The Labute approximate surface area is 159 Å². The van der Waals surface area contributed by atoms with Crippen molar-refractivity contribution in [1.29, 1.82) is 0 Å². The van der Waals surface area contributed by atoms with Crippen molar-refractivity contribution >= 4 is 29.3 Å². The van der Waals surface area contributed by atoms with E-state index in [1.165, 1.54) is 0 Å². The Morgan fingerprint density at radius 1 is 1.23 bits per heavy atom. The fourth-order valence-corrected chi connectivity index (χ4v) is 5.39. The first-order valence-corrected chi connectivity index (χ1v) is 9.99. The normalized spacial score (nSPS) is 31.0. The summed E-state index contributed by atoms with van der Waals surface area (Å²) in [6.45, 7) is 0.897. The number of anilines is 1. The zero-order valence-electron chi connectivity index (χ0n) is 14.9. The summed E-state index contributed by atoms with van der Waals surface area (Å²) in [5, 5.41) is 3.23. The van der Waals surface area contributed by atoms with E-state index in [0.717, 1.165) is 51.5 Å². The SMILES string of the molecule is O=C(Nc1ccccc1Cl)O[C@@H]1CC[C@@]23CCCN2C(=O)CCC[C@H]3C1. The third kappa shape index (κ3) is 3.18. The lowest BCUT2D eigenvalue weighted by atomic mass is 9.69. The highest BCUT2D eigenvalue weighted by atomic mass is 35.5. The lowest BCUT2D eigenvalue weighted by molar-refractivity contribution is -0.138. The van der Waals surface area contributed by atoms with Gasteiger partial charge in [0.15, 0.2) is 0 Å². The molecule has 1 spiro atoms. The summed E-state index contributed by atoms with van der Waals surface area (Å²) in [5.74, 6) is 0.754. The maximum atomic E-state index is 12.5. The lowest BCUT2D eigenvalue weighted by Crippen LogP contribution is -2.54. The molecule has 4 rings (SSSR count). The molecule has 1 aromatic rings. The molecule has 5 nitrogen and oxygen atoms in total. The first kappa shape index (κ1) is 17.7. The van der Waals surface area contributed by atoms with Gasteiger partial charge >= 0.3 is 6.09 Å². The smallest absolute Gasteiger partial charge is 0.411 e. The van der Waals surface area contributed by atoms with Gasteiger partial charge in [-0.25, -0.2) is 4.79 Å². The van der Waals surface area contributed by atoms with Crippen molar-refractivity contribution in [2.75, 3.05) is 11.9 Å². The van der Waals surface area contributed by atoms with Crippen LogP contribution in [0, 0.1) is 5.92 Å². The van der Waals surface area contributed by atoms with Crippen LogP contribution in [0.2, 0.25) is 5.02 Å². The number of carbonyl (C=O) groups excluding carboxylic acids is 2. The predicted octanol–water partition coefficient (Wildman–Crippen LogP) is 4.60. The molecule has 0 radical (unpaired) electrons. The van der Waals surface area contributed by atoms with Crippen molar-refractivity contribution < 1.29 is 14.3 Å². The van der Waals surface area contributed by atoms with Crippen LogP contribution < -0.4 is 5.32 Å². The number of nitrogens with zero attached hydrogens (tertiary/aromatic N) is 1. The number of halogens is 1. The number of para-hydroxylation sites is 1. The predicted molar refractivity (Wildman–Crippen MR) is 100 cm³/mol. The minimum absolute atomic E-state index is 0.0205. The number of benzene rings is 1. The summed E-state index contributed by atoms with van der Waals surface area (Å²) in [7, 11) is 0. The monoisotopic (exact) mass is 376 g/mol. The first-order chi connectivity index (χ1) is 12.6. The highest BCUT2D eigenvalue weighted by Crippen LogP contribution is 2.49. The van der Waals surface area contributed by atoms with Crippen molar-refractivity contribution in [2.45, 2.75) is 63.0 Å². The van der Waals surface area contributed by atoms with Crippen molar-refractivity contribution in [3.63, 3.8) is 0 Å². The second-order valence-electron chi connectivity index (χ2n) is 7.75. The van der Waals surface area contributed by atoms with Gasteiger partial charge in [-0.3, -0.25) is 10.1 Å². The van der Waals surface area contributed by atoms with Gasteiger partial charge in [-0.15, -0.1) is 0 Å². The average molecular weight is 377 g/mol. The second-order valence-corrected chi connectivity index (χ2v) is 8.16. The molecular weight excluding hydrogens is 352 g/mol. The fourth-order valence-electron chi connectivity index (χ4n) is 5.21. The standard InChI is InChI=1S/C20H25ClN2O3/c21-16-6-1-2-7-17(16)22-19(25)26-15-9-11-20-10-4-12-23(20)18(24)8-3-5-14(20)13-15/h1-2,6-7,14-15H,3-5,8-13H2,(H,22,25)/t14-,15+,20+/m0/s1. The summed E-state index contributed by atoms with van der Waals surface area (Å²) in [6.07, 6.45) is 6.91. The summed E-state index contributed by atoms with van der Waals surface area (Å²) >= 11 is 6.09. The number of ether oxygens (including phenoxy) is 1. The van der Waals surface area contributed by atoms with Gasteiger partial charge in [0.1, 0.15) is 6.10 Å². The van der Waals surface area contributed by atoms with Gasteiger partial charge in [0, 0.05) is 18.5 Å². The Balaban J connectivity index is 1.41. The van der Waals surface area contributed by atoms with Gasteiger partial charge in [0.2, 0.25) is 5.91 Å². The van der Waals surface area contributed by atoms with Crippen LogP contribution in [-0.4, -0.2) is 35.1 Å². The van der Waals surface area contributed by atoms with E-state index in [2.05, 4.69) is 10.2 Å². The minimum Gasteiger partial charge on any atom is -0.446 e. The van der Waals surface area contributed by atoms with Crippen molar-refractivity contribution in [3.8, 4) is 0 Å². The molecule has 26 heavy (non-hydrogen) atoms. The number of hydrogen-bond acceptors (Lipinski definition) is 3. The molecule has 0 aromatic heterocycles. The summed E-state index contributed by atoms with van der Waals surface area (Å²) < 4.78 is 5.70. The van der Waals surface area contributed by atoms with Crippen LogP contribution in [0.15, 0.2) is 24.3 Å². The van der Waals surface area contributed by atoms with E-state index in [0.29, 0.717) is 29.0 Å². The topological polar surface area (TPSA) is 58.6 Å². The van der Waals surface area contributed by atoms with Gasteiger partial charge < -0.3 is 9.64 Å². The summed E-state index contributed by atoms with van der Waals surface area (Å²) in [5.41, 5.74) is 0.584. The average Bonchev–Trinajstić information content (AvgIpc) is 2.99. The molecular formula is C20H25ClN2O3. The van der Waals surface area contributed by atoms with Crippen LogP contribution in [0.5, 0.6) is 0 Å². The van der Waals surface area contributed by atoms with Crippen LogP contribution in [0.3, 0.4) is 0 Å². The quantitative estimate of drug-likeness (QED) is 0.820. The van der Waals surface area contributed by atoms with E-state index < -0.39 is 6.09 Å². The molecule has 2 aliphatic heterocycles. The van der Waals surface area contributed by atoms with E-state index in [1.54, 1.807) is 12.1 Å². The fraction of sp³-hybridized carbons (Fsp3) is 0.600. The minimum atomic E-state index is -0.452. The van der Waals surface area contributed by atoms with Crippen LogP contribution in [0.4, 0.5) is 10.5 Å². The van der Waals surface area contributed by atoms with E-state index in [-0.39, 0.29) is 11.6 Å². The lowest BCUT2D eigenvalue weighted by Gasteiger charge is -2.48. The van der Waals surface area contributed by atoms with Gasteiger partial charge in [-0.05, 0) is 63.0 Å². The van der Waals surface area contributed by atoms with E-state index in [1.807, 2.05) is 12.1 Å². The molecule has 3 atom stereocenters. The molecule has 140 valence electrons. The molecule has 1 N–H and O–H groups in total. The number of hydrogen-bond donors (Lipinski definition) is 1. The molecule has 6 heteroatoms. The number of amides is 2. The van der Waals surface area contributed by atoms with Crippen LogP contribution in [-0.2, 0) is 9.53 Å². The van der Waals surface area contributed by atoms with Gasteiger partial charge in [0.05, 0.1) is 10.7 Å². The van der Waals surface area contributed by atoms with Crippen LogP contribution in [0.1, 0.15) is 51.4 Å². The maximum Gasteiger partial charge on any atom is 0.411 e. The Morgan fingerprint density at radius 2 is 2.08 bits per heavy atom. The van der Waals surface area contributed by atoms with E-state index in [9.17, 15) is 9.59 Å². The zero-order valence-corrected chi connectivity index (χ0v) is 15.6. The Kier molecular flexibility index (Phi) is 4.82. The summed E-state index contributed by atoms with van der Waals surface area (Å²) in [4.78, 5) is 26.9. The third-order valence-electron chi connectivity index (χ3n) is 6.36. The third-order valence-corrected chi connectivity index (χ3v) is 6.69. The van der Waals surface area contributed by atoms with Crippen LogP contribution >= 0.6 is 11.6 Å². The number of rotatable bonds is 2. The highest BCUT2D eigenvalue weighted by Gasteiger charge is 2.52. The summed E-state index contributed by atoms with van der Waals surface area (Å²) in [6, 6.07) is 7.13. The molecule has 1 saturated carbocycles. The van der Waals surface area contributed by atoms with Gasteiger partial charge in [-0.2, -0.15) is 0 Å². The Hall–Kier alpha value is -1.75. The van der Waals surface area contributed by atoms with E-state index >= 15 is 0 Å².